The first-order valence-electron chi connectivity index (χ1n) is 7.69. The Hall–Kier alpha value is -1.40. The largest absolute Gasteiger partial charge is 0.462 e. The van der Waals surface area contributed by atoms with Crippen molar-refractivity contribution < 1.29 is 9.53 Å². The predicted octanol–water partition coefficient (Wildman–Crippen LogP) is 1.03. The number of ether oxygens (including phenoxy) is 1. The summed E-state index contributed by atoms with van der Waals surface area (Å²) in [6, 6.07) is 0. The number of esters is 1. The zero-order valence-corrected chi connectivity index (χ0v) is 13.3. The number of piperidine rings is 1. The van der Waals surface area contributed by atoms with Gasteiger partial charge in [0, 0.05) is 13.6 Å². The summed E-state index contributed by atoms with van der Waals surface area (Å²) in [7, 11) is 4.03. The number of nitrogens with zero attached hydrogens (tertiary/aromatic N) is 3. The van der Waals surface area contributed by atoms with E-state index >= 15 is 0 Å². The van der Waals surface area contributed by atoms with E-state index in [2.05, 4.69) is 22.4 Å². The fourth-order valence-corrected chi connectivity index (χ4v) is 2.71. The number of hydrogen-bond donors (Lipinski definition) is 1. The maximum Gasteiger partial charge on any atom is 0.341 e. The van der Waals surface area contributed by atoms with Gasteiger partial charge in [-0.3, -0.25) is 4.68 Å². The van der Waals surface area contributed by atoms with Crippen molar-refractivity contribution >= 4 is 5.97 Å². The maximum absolute atomic E-state index is 11.9. The molecule has 2 heterocycles. The smallest absolute Gasteiger partial charge is 0.341 e. The second-order valence-corrected chi connectivity index (χ2v) is 5.73. The lowest BCUT2D eigenvalue weighted by molar-refractivity contribution is 0.0524. The molecule has 0 bridgehead atoms. The summed E-state index contributed by atoms with van der Waals surface area (Å²) in [6.45, 7) is 6.18. The van der Waals surface area contributed by atoms with Crippen LogP contribution in [0.15, 0.2) is 6.20 Å². The van der Waals surface area contributed by atoms with E-state index in [1.807, 2.05) is 14.0 Å². The molecule has 0 atom stereocenters. The van der Waals surface area contributed by atoms with Gasteiger partial charge in [-0.25, -0.2) is 4.79 Å². The predicted molar refractivity (Wildman–Crippen MR) is 81.1 cm³/mol. The van der Waals surface area contributed by atoms with E-state index in [0.717, 1.165) is 18.2 Å². The Morgan fingerprint density at radius 3 is 2.81 bits per heavy atom. The molecule has 2 rings (SSSR count). The summed E-state index contributed by atoms with van der Waals surface area (Å²) in [5.41, 5.74) is 1.46. The molecule has 0 saturated carbocycles. The number of likely N-dealkylation sites (tertiary alicyclic amines) is 1. The molecule has 1 N–H and O–H groups in total. The van der Waals surface area contributed by atoms with Crippen molar-refractivity contribution in [2.45, 2.75) is 26.3 Å². The van der Waals surface area contributed by atoms with Crippen molar-refractivity contribution in [3.8, 4) is 0 Å². The minimum Gasteiger partial charge on any atom is -0.462 e. The highest BCUT2D eigenvalue weighted by molar-refractivity contribution is 5.90. The molecule has 118 valence electrons. The zero-order valence-electron chi connectivity index (χ0n) is 13.3. The second kappa shape index (κ2) is 7.56. The van der Waals surface area contributed by atoms with Crippen LogP contribution in [0.4, 0.5) is 0 Å². The number of aryl methyl sites for hydroxylation is 1. The Morgan fingerprint density at radius 1 is 1.43 bits per heavy atom. The van der Waals surface area contributed by atoms with Crippen molar-refractivity contribution in [2.24, 2.45) is 13.0 Å². The molecule has 0 radical (unpaired) electrons. The molecule has 1 aliphatic rings. The molecule has 6 nitrogen and oxygen atoms in total. The number of aromatic nitrogens is 2. The molecule has 21 heavy (non-hydrogen) atoms. The third-order valence-electron chi connectivity index (χ3n) is 4.12. The standard InChI is InChI=1S/C15H26N4O2/c1-4-21-15(20)13-10-17-19(3)14(13)11-16-9-12-5-7-18(2)8-6-12/h10,12,16H,4-9,11H2,1-3H3. The zero-order chi connectivity index (χ0) is 15.2. The highest BCUT2D eigenvalue weighted by atomic mass is 16.5. The third-order valence-corrected chi connectivity index (χ3v) is 4.12. The molecule has 1 saturated heterocycles. The fourth-order valence-electron chi connectivity index (χ4n) is 2.71. The van der Waals surface area contributed by atoms with Gasteiger partial charge >= 0.3 is 5.97 Å². The molecule has 1 aromatic heterocycles. The van der Waals surface area contributed by atoms with E-state index in [-0.39, 0.29) is 5.97 Å². The first kappa shape index (κ1) is 16.0. The first-order chi connectivity index (χ1) is 10.1. The van der Waals surface area contributed by atoms with Crippen LogP contribution in [0.25, 0.3) is 0 Å². The molecule has 0 aromatic carbocycles. The van der Waals surface area contributed by atoms with Crippen LogP contribution in [0.1, 0.15) is 35.8 Å². The van der Waals surface area contributed by atoms with Crippen molar-refractivity contribution in [3.05, 3.63) is 17.5 Å². The minimum absolute atomic E-state index is 0.290. The SMILES string of the molecule is CCOC(=O)c1cnn(C)c1CNCC1CCN(C)CC1. The van der Waals surface area contributed by atoms with Crippen molar-refractivity contribution in [2.75, 3.05) is 33.3 Å². The Labute approximate surface area is 126 Å². The molecule has 1 aromatic rings. The molecule has 6 heteroatoms. The van der Waals surface area contributed by atoms with E-state index in [1.54, 1.807) is 10.9 Å². The Bertz CT molecular complexity index is 464. The van der Waals surface area contributed by atoms with E-state index in [1.165, 1.54) is 25.9 Å². The summed E-state index contributed by atoms with van der Waals surface area (Å²) in [5, 5.41) is 7.63. The van der Waals surface area contributed by atoms with Gasteiger partial charge in [-0.1, -0.05) is 0 Å². The van der Waals surface area contributed by atoms with Gasteiger partial charge in [-0.05, 0) is 52.4 Å². The third kappa shape index (κ3) is 4.28. The minimum atomic E-state index is -0.290. The van der Waals surface area contributed by atoms with E-state index in [4.69, 9.17) is 4.74 Å². The van der Waals surface area contributed by atoms with Crippen LogP contribution < -0.4 is 5.32 Å². The number of carbonyl (C=O) groups is 1. The Kier molecular flexibility index (Phi) is 5.76. The topological polar surface area (TPSA) is 59.4 Å². The van der Waals surface area contributed by atoms with E-state index < -0.39 is 0 Å². The highest BCUT2D eigenvalue weighted by Gasteiger charge is 2.19. The van der Waals surface area contributed by atoms with Crippen LogP contribution in [0, 0.1) is 5.92 Å². The summed E-state index contributed by atoms with van der Waals surface area (Å²) in [6.07, 6.45) is 4.06. The van der Waals surface area contributed by atoms with Gasteiger partial charge in [0.25, 0.3) is 0 Å². The lowest BCUT2D eigenvalue weighted by atomic mass is 9.97. The van der Waals surface area contributed by atoms with E-state index in [0.29, 0.717) is 18.7 Å². The van der Waals surface area contributed by atoms with Crippen molar-refractivity contribution in [3.63, 3.8) is 0 Å². The maximum atomic E-state index is 11.9. The van der Waals surface area contributed by atoms with Gasteiger partial charge in [0.05, 0.1) is 18.5 Å². The van der Waals surface area contributed by atoms with Gasteiger partial charge in [0.1, 0.15) is 5.56 Å². The number of nitrogens with one attached hydrogen (secondary N) is 1. The quantitative estimate of drug-likeness (QED) is 0.794. The highest BCUT2D eigenvalue weighted by Crippen LogP contribution is 2.15. The normalized spacial score (nSPS) is 17.1. The van der Waals surface area contributed by atoms with Crippen LogP contribution in [0.3, 0.4) is 0 Å². The summed E-state index contributed by atoms with van der Waals surface area (Å²) in [5.74, 6) is 0.433. The number of rotatable bonds is 6. The average Bonchev–Trinajstić information content (AvgIpc) is 2.83. The molecule has 0 spiro atoms. The van der Waals surface area contributed by atoms with Gasteiger partial charge < -0.3 is 15.0 Å². The Balaban J connectivity index is 1.85. The molecule has 0 amide bonds. The van der Waals surface area contributed by atoms with Crippen LogP contribution in [0.5, 0.6) is 0 Å². The lowest BCUT2D eigenvalue weighted by Crippen LogP contribution is -2.35. The van der Waals surface area contributed by atoms with Crippen molar-refractivity contribution in [1.82, 2.24) is 20.0 Å². The van der Waals surface area contributed by atoms with E-state index in [9.17, 15) is 4.79 Å². The molecule has 0 unspecified atom stereocenters. The molecule has 1 aliphatic heterocycles. The summed E-state index contributed by atoms with van der Waals surface area (Å²) in [4.78, 5) is 14.2. The van der Waals surface area contributed by atoms with Gasteiger partial charge in [-0.15, -0.1) is 0 Å². The Morgan fingerprint density at radius 2 is 2.14 bits per heavy atom. The summed E-state index contributed by atoms with van der Waals surface area (Å²) < 4.78 is 6.81. The number of hydrogen-bond acceptors (Lipinski definition) is 5. The first-order valence-corrected chi connectivity index (χ1v) is 7.69. The van der Waals surface area contributed by atoms with Crippen LogP contribution >= 0.6 is 0 Å². The molecular formula is C15H26N4O2. The summed E-state index contributed by atoms with van der Waals surface area (Å²) >= 11 is 0. The van der Waals surface area contributed by atoms with Gasteiger partial charge in [-0.2, -0.15) is 5.10 Å². The molecule has 0 aliphatic carbocycles. The molecule has 1 fully saturated rings. The van der Waals surface area contributed by atoms with Crippen molar-refractivity contribution in [1.29, 1.82) is 0 Å². The van der Waals surface area contributed by atoms with Gasteiger partial charge in [0.2, 0.25) is 0 Å². The monoisotopic (exact) mass is 294 g/mol. The fraction of sp³-hybridized carbons (Fsp3) is 0.733. The number of carbonyl (C=O) groups excluding carboxylic acids is 1. The van der Waals surface area contributed by atoms with Crippen LogP contribution in [-0.2, 0) is 18.3 Å². The lowest BCUT2D eigenvalue weighted by Gasteiger charge is -2.29. The molecular weight excluding hydrogens is 268 g/mol. The second-order valence-electron chi connectivity index (χ2n) is 5.73. The van der Waals surface area contributed by atoms with Gasteiger partial charge in [0.15, 0.2) is 0 Å². The van der Waals surface area contributed by atoms with Crippen LogP contribution in [0.2, 0.25) is 0 Å². The average molecular weight is 294 g/mol. The van der Waals surface area contributed by atoms with Crippen LogP contribution in [-0.4, -0.2) is 53.9 Å².